The minimum Gasteiger partial charge on any atom is -0.353 e. The minimum atomic E-state index is -0.386. The summed E-state index contributed by atoms with van der Waals surface area (Å²) in [6, 6.07) is 13.5. The van der Waals surface area contributed by atoms with Gasteiger partial charge in [-0.25, -0.2) is 4.98 Å². The number of nitrogens with zero attached hydrogens (tertiary/aromatic N) is 2. The van der Waals surface area contributed by atoms with E-state index < -0.39 is 0 Å². The van der Waals surface area contributed by atoms with Crippen LogP contribution in [0.15, 0.2) is 63.2 Å². The molecule has 1 atom stereocenters. The van der Waals surface area contributed by atoms with Gasteiger partial charge in [0.1, 0.15) is 4.83 Å². The zero-order chi connectivity index (χ0) is 21.3. The van der Waals surface area contributed by atoms with Gasteiger partial charge in [0.05, 0.1) is 16.3 Å². The second-order valence-corrected chi connectivity index (χ2v) is 10.2. The number of thioether (sulfide) groups is 1. The Hall–Kier alpha value is -2.42. The first-order valence-corrected chi connectivity index (χ1v) is 12.2. The molecule has 0 aliphatic rings. The van der Waals surface area contributed by atoms with Crippen LogP contribution in [-0.2, 0) is 4.79 Å². The van der Waals surface area contributed by atoms with Crippen LogP contribution in [0.2, 0.25) is 0 Å². The maximum absolute atomic E-state index is 13.7. The van der Waals surface area contributed by atoms with Gasteiger partial charge in [0.15, 0.2) is 5.16 Å². The van der Waals surface area contributed by atoms with E-state index in [1.54, 1.807) is 15.9 Å². The van der Waals surface area contributed by atoms with Gasteiger partial charge in [0.25, 0.3) is 5.56 Å². The van der Waals surface area contributed by atoms with Crippen LogP contribution in [0.5, 0.6) is 0 Å². The Morgan fingerprint density at radius 3 is 2.53 bits per heavy atom. The molecule has 0 bridgehead atoms. The summed E-state index contributed by atoms with van der Waals surface area (Å²) in [4.78, 5) is 32.7. The molecule has 5 nitrogen and oxygen atoms in total. The van der Waals surface area contributed by atoms with E-state index in [4.69, 9.17) is 4.98 Å². The first kappa shape index (κ1) is 20.8. The number of carbonyl (C=O) groups is 1. The molecule has 0 radical (unpaired) electrons. The lowest BCUT2D eigenvalue weighted by Crippen LogP contribution is -2.36. The van der Waals surface area contributed by atoms with Gasteiger partial charge in [-0.15, -0.1) is 22.7 Å². The van der Waals surface area contributed by atoms with Gasteiger partial charge >= 0.3 is 0 Å². The molecule has 0 aliphatic carbocycles. The molecule has 0 saturated heterocycles. The predicted molar refractivity (Wildman–Crippen MR) is 127 cm³/mol. The molecular formula is C22H21N3O2S3. The van der Waals surface area contributed by atoms with Gasteiger partial charge in [-0.1, -0.05) is 36.0 Å². The lowest BCUT2D eigenvalue weighted by atomic mass is 10.2. The van der Waals surface area contributed by atoms with Crippen molar-refractivity contribution in [2.45, 2.75) is 37.2 Å². The van der Waals surface area contributed by atoms with Crippen LogP contribution in [0.3, 0.4) is 0 Å². The molecule has 3 heterocycles. The predicted octanol–water partition coefficient (Wildman–Crippen LogP) is 5.18. The third-order valence-electron chi connectivity index (χ3n) is 4.46. The molecule has 3 aromatic heterocycles. The molecule has 30 heavy (non-hydrogen) atoms. The van der Waals surface area contributed by atoms with Gasteiger partial charge in [-0.2, -0.15) is 0 Å². The van der Waals surface area contributed by atoms with Crippen LogP contribution in [0.25, 0.3) is 26.3 Å². The highest BCUT2D eigenvalue weighted by Gasteiger charge is 2.23. The Balaban J connectivity index is 1.88. The number of thiophene rings is 2. The van der Waals surface area contributed by atoms with Crippen LogP contribution in [0, 0.1) is 0 Å². The first-order chi connectivity index (χ1) is 14.5. The number of para-hydroxylation sites is 1. The van der Waals surface area contributed by atoms with Gasteiger partial charge < -0.3 is 5.32 Å². The molecule has 154 valence electrons. The van der Waals surface area contributed by atoms with Gasteiger partial charge in [-0.3, -0.25) is 14.2 Å². The smallest absolute Gasteiger partial charge is 0.268 e. The number of hydrogen-bond acceptors (Lipinski definition) is 6. The van der Waals surface area contributed by atoms with Crippen molar-refractivity contribution < 1.29 is 4.79 Å². The fourth-order valence-corrected chi connectivity index (χ4v) is 5.82. The molecule has 0 fully saturated rings. The number of hydrogen-bond donors (Lipinski definition) is 1. The third kappa shape index (κ3) is 4.08. The highest BCUT2D eigenvalue weighted by atomic mass is 32.2. The van der Waals surface area contributed by atoms with Crippen molar-refractivity contribution in [3.63, 3.8) is 0 Å². The van der Waals surface area contributed by atoms with Crippen LogP contribution in [0.4, 0.5) is 0 Å². The largest absolute Gasteiger partial charge is 0.353 e. The molecule has 1 unspecified atom stereocenters. The van der Waals surface area contributed by atoms with Crippen LogP contribution in [-0.4, -0.2) is 26.8 Å². The summed E-state index contributed by atoms with van der Waals surface area (Å²) in [6.45, 7) is 5.69. The Bertz CT molecular complexity index is 1230. The van der Waals surface area contributed by atoms with Crippen molar-refractivity contribution in [3.05, 3.63) is 63.6 Å². The SMILES string of the molecule is CC(C)NC(=O)C(C)Sc1nc2scc(-c3cccs3)c2c(=O)n1-c1ccccc1. The lowest BCUT2D eigenvalue weighted by Gasteiger charge is -2.17. The van der Waals surface area contributed by atoms with E-state index in [1.807, 2.05) is 74.0 Å². The molecule has 8 heteroatoms. The third-order valence-corrected chi connectivity index (χ3v) is 7.29. The maximum Gasteiger partial charge on any atom is 0.268 e. The fourth-order valence-electron chi connectivity index (χ4n) is 3.08. The van der Waals surface area contributed by atoms with E-state index in [9.17, 15) is 9.59 Å². The molecular weight excluding hydrogens is 434 g/mol. The van der Waals surface area contributed by atoms with E-state index >= 15 is 0 Å². The number of rotatable bonds is 6. The standard InChI is InChI=1S/C22H21N3O2S3/c1-13(2)23-19(26)14(3)30-22-24-20-18(16(12-29-20)17-10-7-11-28-17)21(27)25(22)15-8-5-4-6-9-15/h4-14H,1-3H3,(H,23,26). The van der Waals surface area contributed by atoms with Crippen molar-refractivity contribution in [2.75, 3.05) is 0 Å². The summed E-state index contributed by atoms with van der Waals surface area (Å²) in [5.74, 6) is -0.0746. The summed E-state index contributed by atoms with van der Waals surface area (Å²) in [6.07, 6.45) is 0. The van der Waals surface area contributed by atoms with Crippen LogP contribution < -0.4 is 10.9 Å². The second-order valence-electron chi connectivity index (χ2n) is 7.10. The van der Waals surface area contributed by atoms with Gasteiger partial charge in [-0.05, 0) is 44.4 Å². The average molecular weight is 456 g/mol. The van der Waals surface area contributed by atoms with Crippen molar-refractivity contribution >= 4 is 50.6 Å². The van der Waals surface area contributed by atoms with Crippen molar-refractivity contribution in [3.8, 4) is 16.1 Å². The molecule has 1 amide bonds. The Labute approximate surface area is 186 Å². The summed E-state index contributed by atoms with van der Waals surface area (Å²) in [5.41, 5.74) is 1.53. The number of nitrogens with one attached hydrogen (secondary N) is 1. The number of amides is 1. The van der Waals surface area contributed by atoms with Crippen molar-refractivity contribution in [1.29, 1.82) is 0 Å². The molecule has 4 rings (SSSR count). The van der Waals surface area contributed by atoms with Crippen molar-refractivity contribution in [2.24, 2.45) is 0 Å². The quantitative estimate of drug-likeness (QED) is 0.321. The van der Waals surface area contributed by atoms with E-state index in [0.717, 1.165) is 16.1 Å². The van der Waals surface area contributed by atoms with E-state index in [2.05, 4.69) is 5.32 Å². The fraction of sp³-hybridized carbons (Fsp3) is 0.227. The summed E-state index contributed by atoms with van der Waals surface area (Å²) >= 11 is 4.36. The highest BCUT2D eigenvalue weighted by molar-refractivity contribution is 8.00. The normalized spacial score (nSPS) is 12.4. The minimum absolute atomic E-state index is 0.0537. The number of aromatic nitrogens is 2. The number of benzene rings is 1. The Morgan fingerprint density at radius 1 is 1.10 bits per heavy atom. The zero-order valence-corrected chi connectivity index (χ0v) is 19.2. The second kappa shape index (κ2) is 8.75. The monoisotopic (exact) mass is 455 g/mol. The zero-order valence-electron chi connectivity index (χ0n) is 16.8. The molecule has 0 aliphatic heterocycles. The topological polar surface area (TPSA) is 64.0 Å². The van der Waals surface area contributed by atoms with Crippen LogP contribution >= 0.6 is 34.4 Å². The van der Waals surface area contributed by atoms with Gasteiger partial charge in [0.2, 0.25) is 5.91 Å². The molecule has 0 saturated carbocycles. The van der Waals surface area contributed by atoms with Crippen molar-refractivity contribution in [1.82, 2.24) is 14.9 Å². The molecule has 0 spiro atoms. The Kier molecular flexibility index (Phi) is 6.08. The van der Waals surface area contributed by atoms with E-state index in [-0.39, 0.29) is 22.8 Å². The first-order valence-electron chi connectivity index (χ1n) is 9.56. The highest BCUT2D eigenvalue weighted by Crippen LogP contribution is 2.35. The number of fused-ring (bicyclic) bond motifs is 1. The van der Waals surface area contributed by atoms with E-state index in [0.29, 0.717) is 15.4 Å². The molecule has 1 aromatic carbocycles. The average Bonchev–Trinajstić information content (AvgIpc) is 3.38. The summed E-state index contributed by atoms with van der Waals surface area (Å²) in [5, 5.41) is 7.67. The molecule has 1 N–H and O–H groups in total. The molecule has 4 aromatic rings. The number of carbonyl (C=O) groups excluding carboxylic acids is 1. The lowest BCUT2D eigenvalue weighted by molar-refractivity contribution is -0.120. The van der Waals surface area contributed by atoms with Crippen LogP contribution in [0.1, 0.15) is 20.8 Å². The van der Waals surface area contributed by atoms with Gasteiger partial charge in [0, 0.05) is 21.9 Å². The summed E-state index contributed by atoms with van der Waals surface area (Å²) < 4.78 is 1.62. The Morgan fingerprint density at radius 2 is 1.87 bits per heavy atom. The summed E-state index contributed by atoms with van der Waals surface area (Å²) in [7, 11) is 0. The maximum atomic E-state index is 13.7. The van der Waals surface area contributed by atoms with E-state index in [1.165, 1.54) is 23.1 Å².